The molecule has 0 aliphatic carbocycles. The summed E-state index contributed by atoms with van der Waals surface area (Å²) in [5, 5.41) is 0.310. The first kappa shape index (κ1) is 14.1. The van der Waals surface area contributed by atoms with Crippen LogP contribution >= 0.6 is 11.6 Å². The van der Waals surface area contributed by atoms with Crippen LogP contribution in [0.4, 0.5) is 4.39 Å². The third kappa shape index (κ3) is 4.10. The Bertz CT molecular complexity index is 375. The average molecular weight is 258 g/mol. The summed E-state index contributed by atoms with van der Waals surface area (Å²) in [5.74, 6) is -0.517. The number of benzene rings is 1. The van der Waals surface area contributed by atoms with Crippen molar-refractivity contribution in [2.24, 2.45) is 11.7 Å². The molecule has 1 rings (SSSR count). The molecule has 0 saturated carbocycles. The zero-order chi connectivity index (χ0) is 12.8. The number of carbonyl (C=O) groups excluding carboxylic acids is 1. The molecular formula is C13H17ClFNO. The van der Waals surface area contributed by atoms with Crippen LogP contribution in [0.15, 0.2) is 18.2 Å². The fraction of sp³-hybridized carbons (Fsp3) is 0.462. The summed E-state index contributed by atoms with van der Waals surface area (Å²) in [4.78, 5) is 11.9. The minimum Gasteiger partial charge on any atom is -0.330 e. The minimum atomic E-state index is -0.420. The van der Waals surface area contributed by atoms with Crippen molar-refractivity contribution in [3.63, 3.8) is 0 Å². The van der Waals surface area contributed by atoms with Gasteiger partial charge in [-0.25, -0.2) is 4.39 Å². The van der Waals surface area contributed by atoms with Gasteiger partial charge < -0.3 is 5.73 Å². The lowest BCUT2D eigenvalue weighted by molar-refractivity contribution is -0.121. The van der Waals surface area contributed by atoms with Crippen molar-refractivity contribution in [1.29, 1.82) is 0 Å². The van der Waals surface area contributed by atoms with Crippen LogP contribution < -0.4 is 5.73 Å². The largest absolute Gasteiger partial charge is 0.330 e. The SMILES string of the molecule is CC(CCCN)C(=O)Cc1c(F)cccc1Cl. The van der Waals surface area contributed by atoms with Crippen LogP contribution in [-0.4, -0.2) is 12.3 Å². The summed E-state index contributed by atoms with van der Waals surface area (Å²) in [6.07, 6.45) is 1.59. The topological polar surface area (TPSA) is 43.1 Å². The van der Waals surface area contributed by atoms with E-state index in [0.717, 1.165) is 12.8 Å². The van der Waals surface area contributed by atoms with Gasteiger partial charge in [-0.3, -0.25) is 4.79 Å². The smallest absolute Gasteiger partial charge is 0.140 e. The lowest BCUT2D eigenvalue weighted by atomic mass is 9.95. The molecule has 4 heteroatoms. The van der Waals surface area contributed by atoms with Crippen molar-refractivity contribution in [3.05, 3.63) is 34.6 Å². The maximum absolute atomic E-state index is 13.5. The molecular weight excluding hydrogens is 241 g/mol. The Hall–Kier alpha value is -0.930. The third-order valence-corrected chi connectivity index (χ3v) is 3.16. The summed E-state index contributed by atoms with van der Waals surface area (Å²) < 4.78 is 13.5. The number of ketones is 1. The Labute approximate surface area is 106 Å². The molecule has 94 valence electrons. The highest BCUT2D eigenvalue weighted by Gasteiger charge is 2.16. The molecule has 0 saturated heterocycles. The number of rotatable bonds is 6. The third-order valence-electron chi connectivity index (χ3n) is 2.80. The van der Waals surface area contributed by atoms with Gasteiger partial charge in [0.05, 0.1) is 0 Å². The Balaban J connectivity index is 2.68. The van der Waals surface area contributed by atoms with E-state index in [1.807, 2.05) is 6.92 Å². The van der Waals surface area contributed by atoms with Crippen LogP contribution in [0.5, 0.6) is 0 Å². The zero-order valence-electron chi connectivity index (χ0n) is 9.88. The Morgan fingerprint density at radius 1 is 1.53 bits per heavy atom. The van der Waals surface area contributed by atoms with E-state index in [4.69, 9.17) is 17.3 Å². The average Bonchev–Trinajstić information content (AvgIpc) is 2.30. The number of hydrogen-bond donors (Lipinski definition) is 1. The van der Waals surface area contributed by atoms with Crippen LogP contribution in [0.2, 0.25) is 5.02 Å². The van der Waals surface area contributed by atoms with Gasteiger partial charge in [0.2, 0.25) is 0 Å². The van der Waals surface area contributed by atoms with E-state index in [1.54, 1.807) is 6.07 Å². The van der Waals surface area contributed by atoms with Gasteiger partial charge in [-0.1, -0.05) is 24.6 Å². The van der Waals surface area contributed by atoms with Crippen molar-refractivity contribution in [1.82, 2.24) is 0 Å². The maximum Gasteiger partial charge on any atom is 0.140 e. The van der Waals surface area contributed by atoms with Gasteiger partial charge in [0.25, 0.3) is 0 Å². The van der Waals surface area contributed by atoms with Crippen molar-refractivity contribution in [3.8, 4) is 0 Å². The van der Waals surface area contributed by atoms with Crippen LogP contribution in [-0.2, 0) is 11.2 Å². The molecule has 0 aliphatic rings. The predicted octanol–water partition coefficient (Wildman–Crippen LogP) is 2.97. The second-order valence-electron chi connectivity index (χ2n) is 4.18. The van der Waals surface area contributed by atoms with Gasteiger partial charge in [0.15, 0.2) is 0 Å². The van der Waals surface area contributed by atoms with Crippen LogP contribution in [0.3, 0.4) is 0 Å². The summed E-state index contributed by atoms with van der Waals surface area (Å²) in [5.41, 5.74) is 5.68. The summed E-state index contributed by atoms with van der Waals surface area (Å²) >= 11 is 5.87. The number of nitrogens with two attached hydrogens (primary N) is 1. The highest BCUT2D eigenvalue weighted by atomic mass is 35.5. The lowest BCUT2D eigenvalue weighted by Gasteiger charge is -2.11. The van der Waals surface area contributed by atoms with E-state index in [0.29, 0.717) is 17.1 Å². The number of hydrogen-bond acceptors (Lipinski definition) is 2. The maximum atomic E-state index is 13.5. The number of Topliss-reactive ketones (excluding diaryl/α,β-unsaturated/α-hetero) is 1. The molecule has 1 unspecified atom stereocenters. The molecule has 2 nitrogen and oxygen atoms in total. The first-order valence-electron chi connectivity index (χ1n) is 5.72. The Morgan fingerprint density at radius 2 is 2.24 bits per heavy atom. The van der Waals surface area contributed by atoms with Gasteiger partial charge in [0, 0.05) is 22.9 Å². The van der Waals surface area contributed by atoms with Crippen LogP contribution in [0.25, 0.3) is 0 Å². The van der Waals surface area contributed by atoms with E-state index in [2.05, 4.69) is 0 Å². The van der Waals surface area contributed by atoms with Crippen molar-refractivity contribution < 1.29 is 9.18 Å². The van der Waals surface area contributed by atoms with Crippen LogP contribution in [0, 0.1) is 11.7 Å². The molecule has 1 atom stereocenters. The van der Waals surface area contributed by atoms with E-state index in [9.17, 15) is 9.18 Å². The lowest BCUT2D eigenvalue weighted by Crippen LogP contribution is -2.16. The molecule has 0 amide bonds. The summed E-state index contributed by atoms with van der Waals surface area (Å²) in [6.45, 7) is 2.41. The predicted molar refractivity (Wildman–Crippen MR) is 67.6 cm³/mol. The van der Waals surface area contributed by atoms with Crippen molar-refractivity contribution in [2.45, 2.75) is 26.2 Å². The highest BCUT2D eigenvalue weighted by Crippen LogP contribution is 2.21. The summed E-state index contributed by atoms with van der Waals surface area (Å²) in [7, 11) is 0. The standard InChI is InChI=1S/C13H17ClFNO/c1-9(4-3-7-16)13(17)8-10-11(14)5-2-6-12(10)15/h2,5-6,9H,3-4,7-8,16H2,1H3. The second-order valence-corrected chi connectivity index (χ2v) is 4.58. The van der Waals surface area contributed by atoms with Crippen LogP contribution in [0.1, 0.15) is 25.3 Å². The number of halogens is 2. The molecule has 1 aromatic carbocycles. The van der Waals surface area contributed by atoms with E-state index in [-0.39, 0.29) is 18.1 Å². The fourth-order valence-corrected chi connectivity index (χ4v) is 1.86. The molecule has 0 spiro atoms. The normalized spacial score (nSPS) is 12.5. The molecule has 17 heavy (non-hydrogen) atoms. The second kappa shape index (κ2) is 6.72. The van der Waals surface area contributed by atoms with E-state index in [1.165, 1.54) is 12.1 Å². The van der Waals surface area contributed by atoms with Gasteiger partial charge in [-0.05, 0) is 31.5 Å². The van der Waals surface area contributed by atoms with E-state index < -0.39 is 5.82 Å². The Kier molecular flexibility index (Phi) is 5.59. The monoisotopic (exact) mass is 257 g/mol. The zero-order valence-corrected chi connectivity index (χ0v) is 10.6. The molecule has 1 aromatic rings. The molecule has 0 fully saturated rings. The molecule has 0 aliphatic heterocycles. The molecule has 0 bridgehead atoms. The number of carbonyl (C=O) groups is 1. The van der Waals surface area contributed by atoms with Crippen molar-refractivity contribution >= 4 is 17.4 Å². The van der Waals surface area contributed by atoms with E-state index >= 15 is 0 Å². The first-order valence-corrected chi connectivity index (χ1v) is 6.09. The minimum absolute atomic E-state index is 0.00505. The molecule has 0 heterocycles. The fourth-order valence-electron chi connectivity index (χ4n) is 1.63. The Morgan fingerprint density at radius 3 is 2.82 bits per heavy atom. The van der Waals surface area contributed by atoms with Crippen molar-refractivity contribution in [2.75, 3.05) is 6.54 Å². The highest BCUT2D eigenvalue weighted by molar-refractivity contribution is 6.31. The molecule has 0 aromatic heterocycles. The quantitative estimate of drug-likeness (QED) is 0.851. The molecule has 0 radical (unpaired) electrons. The molecule has 2 N–H and O–H groups in total. The van der Waals surface area contributed by atoms with Gasteiger partial charge in [-0.2, -0.15) is 0 Å². The van der Waals surface area contributed by atoms with Gasteiger partial charge >= 0.3 is 0 Å². The van der Waals surface area contributed by atoms with Gasteiger partial charge in [0.1, 0.15) is 11.6 Å². The summed E-state index contributed by atoms with van der Waals surface area (Å²) in [6, 6.07) is 4.44. The van der Waals surface area contributed by atoms with Gasteiger partial charge in [-0.15, -0.1) is 0 Å². The first-order chi connectivity index (χ1) is 8.06.